The molecule has 2 bridgehead atoms. The molecule has 1 aromatic heterocycles. The van der Waals surface area contributed by atoms with Gasteiger partial charge in [0.1, 0.15) is 0 Å². The summed E-state index contributed by atoms with van der Waals surface area (Å²) in [5, 5.41) is 14.6. The lowest BCUT2D eigenvalue weighted by atomic mass is 9.93. The van der Waals surface area contributed by atoms with Crippen molar-refractivity contribution >= 4 is 23.6 Å². The SMILES string of the molecule is N=C/C(=C\NC1CCC1)c1ccncc1/C=C/Nc1ccc(CN2CC3CC2CO3)cc1. The maximum Gasteiger partial charge on any atom is 0.0718 e. The van der Waals surface area contributed by atoms with Gasteiger partial charge in [0.15, 0.2) is 0 Å². The van der Waals surface area contributed by atoms with Gasteiger partial charge in [-0.2, -0.15) is 0 Å². The molecular weight excluding hydrogens is 398 g/mol. The molecule has 166 valence electrons. The number of rotatable bonds is 9. The molecular formula is C26H31N5O. The van der Waals surface area contributed by atoms with Gasteiger partial charge in [0.25, 0.3) is 0 Å². The minimum absolute atomic E-state index is 0.445. The molecule has 0 spiro atoms. The van der Waals surface area contributed by atoms with Gasteiger partial charge in [-0.3, -0.25) is 9.88 Å². The second-order valence-electron chi connectivity index (χ2n) is 8.95. The molecule has 1 saturated carbocycles. The number of nitrogens with zero attached hydrogens (tertiary/aromatic N) is 2. The Morgan fingerprint density at radius 3 is 2.78 bits per heavy atom. The van der Waals surface area contributed by atoms with Crippen LogP contribution in [0.25, 0.3) is 11.6 Å². The Labute approximate surface area is 189 Å². The highest BCUT2D eigenvalue weighted by molar-refractivity contribution is 6.09. The van der Waals surface area contributed by atoms with Gasteiger partial charge in [0.2, 0.25) is 0 Å². The average Bonchev–Trinajstić information content (AvgIpc) is 3.41. The van der Waals surface area contributed by atoms with Crippen LogP contribution in [-0.4, -0.2) is 47.4 Å². The smallest absolute Gasteiger partial charge is 0.0718 e. The van der Waals surface area contributed by atoms with Gasteiger partial charge in [-0.1, -0.05) is 12.1 Å². The summed E-state index contributed by atoms with van der Waals surface area (Å²) in [5.74, 6) is 0. The number of hydrogen-bond acceptors (Lipinski definition) is 6. The van der Waals surface area contributed by atoms with E-state index in [1.165, 1.54) is 37.5 Å². The lowest BCUT2D eigenvalue weighted by Gasteiger charge is -2.26. The van der Waals surface area contributed by atoms with Crippen LogP contribution in [0.4, 0.5) is 5.69 Å². The molecule has 2 aromatic rings. The Morgan fingerprint density at radius 1 is 1.22 bits per heavy atom. The number of aromatic nitrogens is 1. The molecule has 2 atom stereocenters. The van der Waals surface area contributed by atoms with E-state index >= 15 is 0 Å². The predicted molar refractivity (Wildman–Crippen MR) is 129 cm³/mol. The van der Waals surface area contributed by atoms with Gasteiger partial charge < -0.3 is 20.8 Å². The number of fused-ring (bicyclic) bond motifs is 2. The van der Waals surface area contributed by atoms with E-state index in [9.17, 15) is 0 Å². The zero-order chi connectivity index (χ0) is 21.8. The van der Waals surface area contributed by atoms with Crippen LogP contribution in [0.15, 0.2) is 55.1 Å². The summed E-state index contributed by atoms with van der Waals surface area (Å²) in [6.45, 7) is 2.94. The third-order valence-electron chi connectivity index (χ3n) is 6.76. The molecule has 0 amide bonds. The Morgan fingerprint density at radius 2 is 2.09 bits per heavy atom. The van der Waals surface area contributed by atoms with Crippen molar-refractivity contribution in [1.29, 1.82) is 5.41 Å². The number of benzene rings is 1. The molecule has 6 nitrogen and oxygen atoms in total. The monoisotopic (exact) mass is 429 g/mol. The lowest BCUT2D eigenvalue weighted by Crippen LogP contribution is -2.36. The van der Waals surface area contributed by atoms with Crippen LogP contribution in [0.5, 0.6) is 0 Å². The van der Waals surface area contributed by atoms with Crippen molar-refractivity contribution in [3.8, 4) is 0 Å². The van der Waals surface area contributed by atoms with Crippen LogP contribution in [0.2, 0.25) is 0 Å². The minimum Gasteiger partial charge on any atom is -0.388 e. The van der Waals surface area contributed by atoms with Gasteiger partial charge in [-0.25, -0.2) is 0 Å². The van der Waals surface area contributed by atoms with Crippen molar-refractivity contribution in [2.45, 2.75) is 50.4 Å². The summed E-state index contributed by atoms with van der Waals surface area (Å²) >= 11 is 0. The summed E-state index contributed by atoms with van der Waals surface area (Å²) in [5.41, 5.74) is 5.23. The Kier molecular flexibility index (Phi) is 6.32. The molecule has 2 aliphatic heterocycles. The van der Waals surface area contributed by atoms with Crippen LogP contribution in [0, 0.1) is 5.41 Å². The van der Waals surface area contributed by atoms with Crippen molar-refractivity contribution in [1.82, 2.24) is 15.2 Å². The summed E-state index contributed by atoms with van der Waals surface area (Å²) < 4.78 is 5.70. The van der Waals surface area contributed by atoms with Gasteiger partial charge in [-0.05, 0) is 61.1 Å². The standard InChI is InChI=1S/C26H31N5O/c27-13-21(15-30-22-2-1-3-22)26-9-10-28-14-20(26)8-11-29-23-6-4-19(5-7-23)16-31-17-25-12-24(31)18-32-25/h4-11,13-15,22,24-25,27,29-30H,1-3,12,16-18H2/b11-8+,21-15+,27-13?. The second-order valence-corrected chi connectivity index (χ2v) is 8.95. The van der Waals surface area contributed by atoms with E-state index in [-0.39, 0.29) is 0 Å². The van der Waals surface area contributed by atoms with Crippen molar-refractivity contribution in [3.63, 3.8) is 0 Å². The first-order chi connectivity index (χ1) is 15.8. The Balaban J connectivity index is 1.20. The van der Waals surface area contributed by atoms with E-state index in [0.717, 1.165) is 42.1 Å². The van der Waals surface area contributed by atoms with Crippen LogP contribution in [0.1, 0.15) is 42.4 Å². The molecule has 6 heteroatoms. The van der Waals surface area contributed by atoms with E-state index < -0.39 is 0 Å². The van der Waals surface area contributed by atoms with Crippen LogP contribution >= 0.6 is 0 Å². The number of likely N-dealkylation sites (tertiary alicyclic amines) is 1. The first kappa shape index (κ1) is 20.9. The van der Waals surface area contributed by atoms with Crippen molar-refractivity contribution < 1.29 is 4.74 Å². The van der Waals surface area contributed by atoms with Crippen molar-refractivity contribution in [2.24, 2.45) is 0 Å². The van der Waals surface area contributed by atoms with E-state index in [1.807, 2.05) is 30.7 Å². The molecule has 2 saturated heterocycles. The van der Waals surface area contributed by atoms with Gasteiger partial charge in [-0.15, -0.1) is 0 Å². The van der Waals surface area contributed by atoms with Crippen LogP contribution < -0.4 is 10.6 Å². The highest BCUT2D eigenvalue weighted by Crippen LogP contribution is 2.29. The van der Waals surface area contributed by atoms with Gasteiger partial charge in [0, 0.05) is 73.0 Å². The Hall–Kier alpha value is -2.96. The number of allylic oxidation sites excluding steroid dienone is 1. The fourth-order valence-electron chi connectivity index (χ4n) is 4.62. The second kappa shape index (κ2) is 9.67. The Bertz CT molecular complexity index is 996. The lowest BCUT2D eigenvalue weighted by molar-refractivity contribution is 0.0273. The molecule has 3 aliphatic rings. The largest absolute Gasteiger partial charge is 0.388 e. The van der Waals surface area contributed by atoms with E-state index in [0.29, 0.717) is 18.2 Å². The highest BCUT2D eigenvalue weighted by Gasteiger charge is 2.38. The summed E-state index contributed by atoms with van der Waals surface area (Å²) in [4.78, 5) is 6.81. The fraction of sp³-hybridized carbons (Fsp3) is 0.385. The van der Waals surface area contributed by atoms with Crippen LogP contribution in [0.3, 0.4) is 0 Å². The predicted octanol–water partition coefficient (Wildman–Crippen LogP) is 4.27. The van der Waals surface area contributed by atoms with Crippen molar-refractivity contribution in [2.75, 3.05) is 18.5 Å². The molecule has 3 N–H and O–H groups in total. The number of pyridine rings is 1. The molecule has 3 fully saturated rings. The third-order valence-corrected chi connectivity index (χ3v) is 6.76. The summed E-state index contributed by atoms with van der Waals surface area (Å²) in [6, 6.07) is 11.7. The molecule has 3 heterocycles. The number of hydrogen-bond donors (Lipinski definition) is 3. The van der Waals surface area contributed by atoms with E-state index in [2.05, 4.69) is 44.8 Å². The first-order valence-electron chi connectivity index (χ1n) is 11.6. The summed E-state index contributed by atoms with van der Waals surface area (Å²) in [7, 11) is 0. The number of ether oxygens (including phenoxy) is 1. The molecule has 32 heavy (non-hydrogen) atoms. The topological polar surface area (TPSA) is 73.3 Å². The maximum absolute atomic E-state index is 7.85. The number of nitrogens with one attached hydrogen (secondary N) is 3. The first-order valence-corrected chi connectivity index (χ1v) is 11.6. The molecule has 2 unspecified atom stereocenters. The quantitative estimate of drug-likeness (QED) is 0.519. The normalized spacial score (nSPS) is 23.4. The minimum atomic E-state index is 0.445. The van der Waals surface area contributed by atoms with Gasteiger partial charge >= 0.3 is 0 Å². The number of anilines is 1. The van der Waals surface area contributed by atoms with Crippen molar-refractivity contribution in [3.05, 3.63) is 71.8 Å². The average molecular weight is 430 g/mol. The molecule has 5 rings (SSSR count). The third kappa shape index (κ3) is 4.76. The fourth-order valence-corrected chi connectivity index (χ4v) is 4.62. The summed E-state index contributed by atoms with van der Waals surface area (Å²) in [6.07, 6.45) is 16.3. The molecule has 1 aromatic carbocycles. The number of morpholine rings is 1. The highest BCUT2D eigenvalue weighted by atomic mass is 16.5. The zero-order valence-electron chi connectivity index (χ0n) is 18.3. The van der Waals surface area contributed by atoms with E-state index in [1.54, 1.807) is 6.20 Å². The zero-order valence-corrected chi connectivity index (χ0v) is 18.3. The molecule has 1 aliphatic carbocycles. The van der Waals surface area contributed by atoms with E-state index in [4.69, 9.17) is 10.1 Å². The van der Waals surface area contributed by atoms with Gasteiger partial charge in [0.05, 0.1) is 12.7 Å². The maximum atomic E-state index is 7.85. The molecule has 0 radical (unpaired) electrons. The van der Waals surface area contributed by atoms with Crippen LogP contribution in [-0.2, 0) is 11.3 Å².